The number of ether oxygens (including phenoxy) is 2. The van der Waals surface area contributed by atoms with Crippen molar-refractivity contribution in [2.24, 2.45) is 0 Å². The third-order valence-electron chi connectivity index (χ3n) is 5.10. The molecule has 0 radical (unpaired) electrons. The standard InChI is InChI=1S/C24H26ClNO5S2/c1-24(2,3)17-8-11-21(19(14-17)16-6-9-18(25)10-7-16)33(28,29)26(15-30-4)20-12-13-32-22(20)23(27)31-5/h6-14H,15H2,1-5H3. The highest BCUT2D eigenvalue weighted by Gasteiger charge is 2.32. The molecule has 0 aliphatic carbocycles. The zero-order valence-corrected chi connectivity index (χ0v) is 21.5. The topological polar surface area (TPSA) is 72.9 Å². The van der Waals surface area contributed by atoms with Gasteiger partial charge >= 0.3 is 5.97 Å². The van der Waals surface area contributed by atoms with E-state index in [1.807, 2.05) is 12.1 Å². The second kappa shape index (κ2) is 9.85. The fourth-order valence-corrected chi connectivity index (χ4v) is 5.91. The molecule has 0 amide bonds. The SMILES string of the molecule is COCN(c1ccsc1C(=O)OC)S(=O)(=O)c1ccc(C(C)(C)C)cc1-c1ccc(Cl)cc1. The average molecular weight is 508 g/mol. The van der Waals surface area contributed by atoms with Crippen LogP contribution in [-0.2, 0) is 24.9 Å². The van der Waals surface area contributed by atoms with Crippen LogP contribution < -0.4 is 4.31 Å². The molecule has 0 spiro atoms. The Hall–Kier alpha value is -2.39. The van der Waals surface area contributed by atoms with Crippen molar-refractivity contribution in [2.75, 3.05) is 25.3 Å². The predicted molar refractivity (Wildman–Crippen MR) is 133 cm³/mol. The monoisotopic (exact) mass is 507 g/mol. The summed E-state index contributed by atoms with van der Waals surface area (Å²) in [6.45, 7) is 5.91. The van der Waals surface area contributed by atoms with Gasteiger partial charge in [0.2, 0.25) is 0 Å². The first kappa shape index (κ1) is 25.2. The smallest absolute Gasteiger partial charge is 0.350 e. The Morgan fingerprint density at radius 2 is 1.73 bits per heavy atom. The Morgan fingerprint density at radius 1 is 1.06 bits per heavy atom. The van der Waals surface area contributed by atoms with Crippen molar-refractivity contribution in [1.29, 1.82) is 0 Å². The van der Waals surface area contributed by atoms with Gasteiger partial charge in [0.1, 0.15) is 11.6 Å². The van der Waals surface area contributed by atoms with Crippen molar-refractivity contribution in [3.63, 3.8) is 0 Å². The van der Waals surface area contributed by atoms with Gasteiger partial charge < -0.3 is 9.47 Å². The molecule has 2 aromatic carbocycles. The Morgan fingerprint density at radius 3 is 2.30 bits per heavy atom. The Labute approximate surface area is 203 Å². The Kier molecular flexibility index (Phi) is 7.53. The molecule has 6 nitrogen and oxygen atoms in total. The van der Waals surface area contributed by atoms with Gasteiger partial charge in [-0.25, -0.2) is 17.5 Å². The number of halogens is 1. The summed E-state index contributed by atoms with van der Waals surface area (Å²) in [6.07, 6.45) is 0. The van der Waals surface area contributed by atoms with Gasteiger partial charge in [0, 0.05) is 17.7 Å². The van der Waals surface area contributed by atoms with Crippen molar-refractivity contribution in [3.05, 3.63) is 69.4 Å². The first-order chi connectivity index (χ1) is 15.5. The number of carbonyl (C=O) groups is 1. The van der Waals surface area contributed by atoms with Gasteiger partial charge in [0.05, 0.1) is 17.7 Å². The van der Waals surface area contributed by atoms with Gasteiger partial charge in [0.15, 0.2) is 0 Å². The van der Waals surface area contributed by atoms with Gasteiger partial charge in [0.25, 0.3) is 10.0 Å². The van der Waals surface area contributed by atoms with E-state index in [1.54, 1.807) is 41.8 Å². The fraction of sp³-hybridized carbons (Fsp3) is 0.292. The van der Waals surface area contributed by atoms with Crippen LogP contribution in [0.1, 0.15) is 36.0 Å². The van der Waals surface area contributed by atoms with Crippen LogP contribution in [-0.4, -0.2) is 35.3 Å². The number of esters is 1. The maximum atomic E-state index is 14.0. The predicted octanol–water partition coefficient (Wildman–Crippen LogP) is 5.95. The summed E-state index contributed by atoms with van der Waals surface area (Å²) >= 11 is 7.17. The van der Waals surface area contributed by atoms with Crippen molar-refractivity contribution in [1.82, 2.24) is 0 Å². The van der Waals surface area contributed by atoms with Crippen molar-refractivity contribution < 1.29 is 22.7 Å². The second-order valence-corrected chi connectivity index (χ2v) is 11.5. The summed E-state index contributed by atoms with van der Waals surface area (Å²) in [7, 11) is -1.47. The quantitative estimate of drug-likeness (QED) is 0.292. The minimum absolute atomic E-state index is 0.0943. The van der Waals surface area contributed by atoms with Crippen molar-refractivity contribution >= 4 is 44.6 Å². The summed E-state index contributed by atoms with van der Waals surface area (Å²) in [5, 5.41) is 2.19. The van der Waals surface area contributed by atoms with Crippen LogP contribution in [0.15, 0.2) is 58.8 Å². The molecular formula is C24H26ClNO5S2. The number of methoxy groups -OCH3 is 2. The maximum Gasteiger partial charge on any atom is 0.350 e. The molecule has 9 heteroatoms. The van der Waals surface area contributed by atoms with Crippen LogP contribution in [0, 0.1) is 0 Å². The van der Waals surface area contributed by atoms with Crippen LogP contribution in [0.25, 0.3) is 11.1 Å². The number of anilines is 1. The minimum atomic E-state index is -4.13. The summed E-state index contributed by atoms with van der Waals surface area (Å²) in [5.74, 6) is -0.614. The summed E-state index contributed by atoms with van der Waals surface area (Å²) in [5.41, 5.74) is 2.24. The molecule has 0 bridgehead atoms. The van der Waals surface area contributed by atoms with E-state index in [2.05, 4.69) is 20.8 Å². The zero-order chi connectivity index (χ0) is 24.4. The fourth-order valence-electron chi connectivity index (χ4n) is 3.33. The van der Waals surface area contributed by atoms with Crippen LogP contribution in [0.4, 0.5) is 5.69 Å². The second-order valence-electron chi connectivity index (χ2n) is 8.37. The highest BCUT2D eigenvalue weighted by atomic mass is 35.5. The summed E-state index contributed by atoms with van der Waals surface area (Å²) < 4.78 is 39.1. The number of carbonyl (C=O) groups excluding carboxylic acids is 1. The number of benzene rings is 2. The average Bonchev–Trinajstić information content (AvgIpc) is 3.25. The van der Waals surface area contributed by atoms with Crippen molar-refractivity contribution in [3.8, 4) is 11.1 Å². The molecule has 0 saturated heterocycles. The molecule has 0 saturated carbocycles. The number of thiophene rings is 1. The lowest BCUT2D eigenvalue weighted by Gasteiger charge is -2.26. The number of rotatable bonds is 7. The van der Waals surface area contributed by atoms with Crippen LogP contribution in [0.3, 0.4) is 0 Å². The summed E-state index contributed by atoms with van der Waals surface area (Å²) in [4.78, 5) is 12.5. The lowest BCUT2D eigenvalue weighted by molar-refractivity contribution is 0.0607. The lowest BCUT2D eigenvalue weighted by atomic mass is 9.85. The molecule has 1 heterocycles. The summed E-state index contributed by atoms with van der Waals surface area (Å²) in [6, 6.07) is 13.9. The largest absolute Gasteiger partial charge is 0.465 e. The van der Waals surface area contributed by atoms with Crippen LogP contribution >= 0.6 is 22.9 Å². The number of hydrogen-bond donors (Lipinski definition) is 0. The van der Waals surface area contributed by atoms with Gasteiger partial charge in [-0.2, -0.15) is 0 Å². The van der Waals surface area contributed by atoms with Crippen LogP contribution in [0.2, 0.25) is 5.02 Å². The van der Waals surface area contributed by atoms with E-state index in [0.717, 1.165) is 21.2 Å². The van der Waals surface area contributed by atoms with E-state index in [-0.39, 0.29) is 27.6 Å². The van der Waals surface area contributed by atoms with Gasteiger partial charge in [-0.3, -0.25) is 0 Å². The number of nitrogens with zero attached hydrogens (tertiary/aromatic N) is 1. The molecule has 0 unspecified atom stereocenters. The number of sulfonamides is 1. The Bertz CT molecular complexity index is 1240. The molecule has 176 valence electrons. The maximum absolute atomic E-state index is 14.0. The molecule has 1 aromatic heterocycles. The van der Waals surface area contributed by atoms with Gasteiger partial charge in [-0.1, -0.05) is 50.6 Å². The molecule has 0 atom stereocenters. The molecule has 0 aliphatic rings. The molecule has 0 aliphatic heterocycles. The number of hydrogen-bond acceptors (Lipinski definition) is 6. The highest BCUT2D eigenvalue weighted by molar-refractivity contribution is 7.93. The van der Waals surface area contributed by atoms with E-state index in [4.69, 9.17) is 21.1 Å². The molecule has 3 aromatic rings. The van der Waals surface area contributed by atoms with Crippen LogP contribution in [0.5, 0.6) is 0 Å². The molecule has 3 rings (SSSR count). The normalized spacial score (nSPS) is 11.9. The highest BCUT2D eigenvalue weighted by Crippen LogP contribution is 2.37. The molecular weight excluding hydrogens is 482 g/mol. The Balaban J connectivity index is 2.25. The zero-order valence-electron chi connectivity index (χ0n) is 19.1. The third kappa shape index (κ3) is 5.24. The third-order valence-corrected chi connectivity index (χ3v) is 8.03. The van der Waals surface area contributed by atoms with E-state index in [1.165, 1.54) is 14.2 Å². The van der Waals surface area contributed by atoms with E-state index in [9.17, 15) is 13.2 Å². The molecule has 0 fully saturated rings. The molecule has 0 N–H and O–H groups in total. The first-order valence-corrected chi connectivity index (χ1v) is 12.8. The van der Waals surface area contributed by atoms with Gasteiger partial charge in [-0.15, -0.1) is 11.3 Å². The van der Waals surface area contributed by atoms with Gasteiger partial charge in [-0.05, 0) is 52.3 Å². The lowest BCUT2D eigenvalue weighted by Crippen LogP contribution is -2.34. The van der Waals surface area contributed by atoms with Crippen molar-refractivity contribution in [2.45, 2.75) is 31.1 Å². The molecule has 33 heavy (non-hydrogen) atoms. The van der Waals surface area contributed by atoms with E-state index >= 15 is 0 Å². The van der Waals surface area contributed by atoms with E-state index < -0.39 is 16.0 Å². The minimum Gasteiger partial charge on any atom is -0.465 e. The first-order valence-electron chi connectivity index (χ1n) is 10.1. The van der Waals surface area contributed by atoms with E-state index in [0.29, 0.717) is 16.1 Å².